The number of Topliss-reactive ketones (excluding diaryl/α,β-unsaturated/α-hetero) is 1. The molecule has 0 aliphatic rings. The van der Waals surface area contributed by atoms with Crippen LogP contribution in [0.4, 0.5) is 13.2 Å². The van der Waals surface area contributed by atoms with Gasteiger partial charge in [-0.15, -0.1) is 0 Å². The van der Waals surface area contributed by atoms with E-state index in [1.54, 1.807) is 0 Å². The van der Waals surface area contributed by atoms with E-state index in [2.05, 4.69) is 24.6 Å². The molecule has 0 saturated heterocycles. The van der Waals surface area contributed by atoms with E-state index in [0.29, 0.717) is 12.1 Å². The van der Waals surface area contributed by atoms with Gasteiger partial charge < -0.3 is 4.74 Å². The van der Waals surface area contributed by atoms with Crippen LogP contribution < -0.4 is 0 Å². The number of hydrogen-bond donors (Lipinski definition) is 0. The van der Waals surface area contributed by atoms with Crippen molar-refractivity contribution in [2.75, 3.05) is 6.61 Å². The molecule has 0 atom stereocenters. The van der Waals surface area contributed by atoms with Gasteiger partial charge in [-0.25, -0.2) is 4.98 Å². The highest BCUT2D eigenvalue weighted by atomic mass is 28.3. The second-order valence-corrected chi connectivity index (χ2v) is 12.6. The molecule has 0 aliphatic carbocycles. The van der Waals surface area contributed by atoms with Gasteiger partial charge in [0.25, 0.3) is 0 Å². The largest absolute Gasteiger partial charge is 0.416 e. The van der Waals surface area contributed by atoms with Crippen LogP contribution in [0, 0.1) is 0 Å². The first-order chi connectivity index (χ1) is 11.0. The number of nitrogens with zero attached hydrogens (tertiary/aromatic N) is 2. The van der Waals surface area contributed by atoms with Crippen LogP contribution in [0.1, 0.15) is 23.1 Å². The van der Waals surface area contributed by atoms with Crippen molar-refractivity contribution in [1.82, 2.24) is 9.55 Å². The number of hydrogen-bond acceptors (Lipinski definition) is 3. The number of benzene rings is 1. The van der Waals surface area contributed by atoms with Crippen LogP contribution in [0.2, 0.25) is 25.7 Å². The van der Waals surface area contributed by atoms with E-state index < -0.39 is 19.8 Å². The zero-order valence-electron chi connectivity index (χ0n) is 14.2. The summed E-state index contributed by atoms with van der Waals surface area (Å²) >= 11 is 0. The van der Waals surface area contributed by atoms with E-state index in [9.17, 15) is 18.0 Å². The van der Waals surface area contributed by atoms with E-state index in [0.717, 1.165) is 18.2 Å². The number of aromatic nitrogens is 2. The fourth-order valence-corrected chi connectivity index (χ4v) is 3.00. The monoisotopic (exact) mass is 358 g/mol. The average Bonchev–Trinajstić information content (AvgIpc) is 2.79. The molecular weight excluding hydrogens is 337 g/mol. The van der Waals surface area contributed by atoms with Crippen molar-refractivity contribution in [3.63, 3.8) is 0 Å². The summed E-state index contributed by atoms with van der Waals surface area (Å²) in [7, 11) is -1.24. The zero-order chi connectivity index (χ0) is 18.1. The zero-order valence-corrected chi connectivity index (χ0v) is 15.2. The van der Waals surface area contributed by atoms with Gasteiger partial charge in [0.05, 0.1) is 16.6 Å². The fourth-order valence-electron chi connectivity index (χ4n) is 2.24. The molecule has 8 heteroatoms. The van der Waals surface area contributed by atoms with Crippen molar-refractivity contribution in [3.05, 3.63) is 29.6 Å². The van der Waals surface area contributed by atoms with E-state index in [-0.39, 0.29) is 23.9 Å². The molecule has 1 heterocycles. The minimum Gasteiger partial charge on any atom is -0.361 e. The first-order valence-electron chi connectivity index (χ1n) is 7.65. The number of alkyl halides is 3. The number of ether oxygens (including phenoxy) is 1. The molecule has 0 fully saturated rings. The maximum absolute atomic E-state index is 12.8. The normalized spacial score (nSPS) is 12.8. The number of carbonyl (C=O) groups is 1. The van der Waals surface area contributed by atoms with Crippen LogP contribution >= 0.6 is 0 Å². The number of imidazole rings is 1. The van der Waals surface area contributed by atoms with Crippen molar-refractivity contribution >= 4 is 24.9 Å². The molecule has 0 amide bonds. The molecule has 0 saturated carbocycles. The first kappa shape index (κ1) is 18.7. The maximum atomic E-state index is 12.8. The summed E-state index contributed by atoms with van der Waals surface area (Å²) in [4.78, 5) is 15.8. The minimum absolute atomic E-state index is 0.0985. The number of fused-ring (bicyclic) bond motifs is 1. The molecular formula is C16H21F3N2O2Si. The Bertz CT molecular complexity index is 748. The van der Waals surface area contributed by atoms with E-state index in [1.807, 2.05) is 0 Å². The Morgan fingerprint density at radius 2 is 1.96 bits per heavy atom. The molecule has 0 N–H and O–H groups in total. The molecule has 0 radical (unpaired) electrons. The SMILES string of the molecule is CC(=O)c1nc2cc(C(F)(F)F)ccc2n1COCC[Si](C)(C)C. The van der Waals surface area contributed by atoms with Gasteiger partial charge in [0, 0.05) is 21.6 Å². The van der Waals surface area contributed by atoms with Crippen molar-refractivity contribution in [1.29, 1.82) is 0 Å². The quantitative estimate of drug-likeness (QED) is 0.432. The van der Waals surface area contributed by atoms with Gasteiger partial charge in [-0.1, -0.05) is 19.6 Å². The lowest BCUT2D eigenvalue weighted by molar-refractivity contribution is -0.137. The third-order valence-electron chi connectivity index (χ3n) is 3.61. The van der Waals surface area contributed by atoms with Crippen molar-refractivity contribution in [2.45, 2.75) is 45.5 Å². The Balaban J connectivity index is 2.30. The summed E-state index contributed by atoms with van der Waals surface area (Å²) in [6.45, 7) is 8.66. The Labute approximate surface area is 139 Å². The lowest BCUT2D eigenvalue weighted by Gasteiger charge is -2.16. The van der Waals surface area contributed by atoms with Gasteiger partial charge in [0.15, 0.2) is 11.6 Å². The van der Waals surface area contributed by atoms with Crippen LogP contribution in [-0.2, 0) is 17.6 Å². The van der Waals surface area contributed by atoms with Gasteiger partial charge in [0.1, 0.15) is 6.73 Å². The Morgan fingerprint density at radius 3 is 2.50 bits per heavy atom. The molecule has 4 nitrogen and oxygen atoms in total. The van der Waals surface area contributed by atoms with Gasteiger partial charge in [-0.3, -0.25) is 9.36 Å². The van der Waals surface area contributed by atoms with Gasteiger partial charge in [-0.05, 0) is 24.2 Å². The predicted molar refractivity (Wildman–Crippen MR) is 88.8 cm³/mol. The van der Waals surface area contributed by atoms with Crippen LogP contribution in [0.15, 0.2) is 18.2 Å². The van der Waals surface area contributed by atoms with Gasteiger partial charge in [-0.2, -0.15) is 13.2 Å². The summed E-state index contributed by atoms with van der Waals surface area (Å²) in [6, 6.07) is 4.25. The topological polar surface area (TPSA) is 44.1 Å². The summed E-state index contributed by atoms with van der Waals surface area (Å²) in [5.41, 5.74) is -0.181. The average molecular weight is 358 g/mol. The van der Waals surface area contributed by atoms with E-state index in [1.165, 1.54) is 17.6 Å². The van der Waals surface area contributed by atoms with Crippen LogP contribution in [0.5, 0.6) is 0 Å². The molecule has 1 aromatic carbocycles. The molecule has 0 unspecified atom stereocenters. The van der Waals surface area contributed by atoms with E-state index in [4.69, 9.17) is 4.74 Å². The number of halogens is 3. The minimum atomic E-state index is -4.44. The highest BCUT2D eigenvalue weighted by Crippen LogP contribution is 2.31. The Hall–Kier alpha value is -1.67. The summed E-state index contributed by atoms with van der Waals surface area (Å²) in [5, 5.41) is 0. The standard InChI is InChI=1S/C16H21F3N2O2Si/c1-11(22)15-20-13-9-12(16(17,18)19)5-6-14(13)21(15)10-23-7-8-24(2,3)4/h5-6,9H,7-8,10H2,1-4H3. The molecule has 2 aromatic rings. The fraction of sp³-hybridized carbons (Fsp3) is 0.500. The summed E-state index contributed by atoms with van der Waals surface area (Å²) in [5.74, 6) is -0.203. The van der Waals surface area contributed by atoms with Crippen molar-refractivity contribution in [3.8, 4) is 0 Å². The number of carbonyl (C=O) groups excluding carboxylic acids is 1. The van der Waals surface area contributed by atoms with Crippen LogP contribution in [0.3, 0.4) is 0 Å². The highest BCUT2D eigenvalue weighted by molar-refractivity contribution is 6.76. The molecule has 0 bridgehead atoms. The molecule has 0 spiro atoms. The Kier molecular flexibility index (Phi) is 5.19. The molecule has 132 valence electrons. The maximum Gasteiger partial charge on any atom is 0.416 e. The molecule has 2 rings (SSSR count). The third-order valence-corrected chi connectivity index (χ3v) is 5.31. The van der Waals surface area contributed by atoms with Gasteiger partial charge in [0.2, 0.25) is 0 Å². The van der Waals surface area contributed by atoms with Crippen LogP contribution in [-0.4, -0.2) is 30.0 Å². The first-order valence-corrected chi connectivity index (χ1v) is 11.4. The predicted octanol–water partition coefficient (Wildman–Crippen LogP) is 4.57. The smallest absolute Gasteiger partial charge is 0.361 e. The highest BCUT2D eigenvalue weighted by Gasteiger charge is 2.31. The van der Waals surface area contributed by atoms with E-state index >= 15 is 0 Å². The molecule has 1 aromatic heterocycles. The lowest BCUT2D eigenvalue weighted by Crippen LogP contribution is -2.22. The second-order valence-electron chi connectivity index (χ2n) is 6.97. The van der Waals surface area contributed by atoms with Crippen molar-refractivity contribution < 1.29 is 22.7 Å². The van der Waals surface area contributed by atoms with Crippen molar-refractivity contribution in [2.24, 2.45) is 0 Å². The summed E-state index contributed by atoms with van der Waals surface area (Å²) < 4.78 is 45.6. The van der Waals surface area contributed by atoms with Crippen LogP contribution in [0.25, 0.3) is 11.0 Å². The number of rotatable bonds is 6. The Morgan fingerprint density at radius 1 is 1.29 bits per heavy atom. The van der Waals surface area contributed by atoms with Gasteiger partial charge >= 0.3 is 6.18 Å². The summed E-state index contributed by atoms with van der Waals surface area (Å²) in [6.07, 6.45) is -4.44. The second kappa shape index (κ2) is 6.68. The lowest BCUT2D eigenvalue weighted by atomic mass is 10.2. The molecule has 24 heavy (non-hydrogen) atoms. The number of ketones is 1. The third kappa shape index (κ3) is 4.45. The molecule has 0 aliphatic heterocycles.